The van der Waals surface area contributed by atoms with Gasteiger partial charge in [0.25, 0.3) is 0 Å². The predicted octanol–water partition coefficient (Wildman–Crippen LogP) is 3.23. The minimum Gasteiger partial charge on any atom is -0.378 e. The number of rotatable bonds is 3. The molecule has 3 heteroatoms. The zero-order valence-electron chi connectivity index (χ0n) is 12.2. The van der Waals surface area contributed by atoms with E-state index in [4.69, 9.17) is 0 Å². The molecule has 2 nitrogen and oxygen atoms in total. The topological polar surface area (TPSA) is 23.5 Å². The molecule has 0 aromatic heterocycles. The van der Waals surface area contributed by atoms with Crippen LogP contribution in [0.1, 0.15) is 59.8 Å². The normalized spacial score (nSPS) is 18.4. The Morgan fingerprint density at radius 2 is 1.56 bits per heavy atom. The molecule has 1 fully saturated rings. The van der Waals surface area contributed by atoms with Crippen molar-refractivity contribution in [2.75, 3.05) is 6.54 Å². The highest BCUT2D eigenvalue weighted by atomic mass is 35.5. The van der Waals surface area contributed by atoms with Crippen molar-refractivity contribution in [1.82, 2.24) is 4.90 Å². The molecule has 1 aliphatic rings. The molecule has 0 unspecified atom stereocenters. The van der Waals surface area contributed by atoms with Crippen molar-refractivity contribution < 1.29 is 5.11 Å². The average molecular weight is 274 g/mol. The third-order valence-electron chi connectivity index (χ3n) is 3.59. The Balaban J connectivity index is 0.00000289. The summed E-state index contributed by atoms with van der Waals surface area (Å²) in [6, 6.07) is 1.01. The molecule has 1 aliphatic carbocycles. The van der Waals surface area contributed by atoms with Gasteiger partial charge < -0.3 is 5.11 Å². The zero-order chi connectivity index (χ0) is 12.9. The Morgan fingerprint density at radius 1 is 1.06 bits per heavy atom. The molecule has 18 heavy (non-hydrogen) atoms. The fourth-order valence-electron chi connectivity index (χ4n) is 2.52. The third kappa shape index (κ3) is 5.61. The highest BCUT2D eigenvalue weighted by Crippen LogP contribution is 2.27. The van der Waals surface area contributed by atoms with Gasteiger partial charge in [0, 0.05) is 12.1 Å². The third-order valence-corrected chi connectivity index (χ3v) is 3.59. The van der Waals surface area contributed by atoms with Gasteiger partial charge in [0.05, 0.1) is 6.54 Å². The summed E-state index contributed by atoms with van der Waals surface area (Å²) >= 11 is 0. The molecule has 0 bridgehead atoms. The SMILES string of the molecule is CC(C)N(CC#CC1(O)CCCCC1)C(C)C.Cl. The first-order valence-electron chi connectivity index (χ1n) is 6.93. The fraction of sp³-hybridized carbons (Fsp3) is 0.867. The van der Waals surface area contributed by atoms with E-state index in [9.17, 15) is 5.11 Å². The van der Waals surface area contributed by atoms with Crippen LogP contribution < -0.4 is 0 Å². The molecule has 0 aliphatic heterocycles. The van der Waals surface area contributed by atoms with E-state index in [-0.39, 0.29) is 12.4 Å². The minimum absolute atomic E-state index is 0. The van der Waals surface area contributed by atoms with Crippen molar-refractivity contribution in [2.45, 2.75) is 77.5 Å². The highest BCUT2D eigenvalue weighted by molar-refractivity contribution is 5.85. The Hall–Kier alpha value is -0.230. The van der Waals surface area contributed by atoms with E-state index in [1.807, 2.05) is 0 Å². The number of nitrogens with zero attached hydrogens (tertiary/aromatic N) is 1. The molecule has 0 saturated heterocycles. The zero-order valence-corrected chi connectivity index (χ0v) is 13.0. The Morgan fingerprint density at radius 3 is 2.00 bits per heavy atom. The smallest absolute Gasteiger partial charge is 0.125 e. The van der Waals surface area contributed by atoms with Gasteiger partial charge >= 0.3 is 0 Å². The van der Waals surface area contributed by atoms with Gasteiger partial charge in [-0.05, 0) is 53.4 Å². The predicted molar refractivity (Wildman–Crippen MR) is 80.0 cm³/mol. The monoisotopic (exact) mass is 273 g/mol. The number of halogens is 1. The van der Waals surface area contributed by atoms with Gasteiger partial charge in [-0.3, -0.25) is 4.90 Å². The van der Waals surface area contributed by atoms with Gasteiger partial charge in [0.1, 0.15) is 5.60 Å². The molecular formula is C15H28ClNO. The minimum atomic E-state index is -0.697. The van der Waals surface area contributed by atoms with Crippen LogP contribution in [0.2, 0.25) is 0 Å². The maximum atomic E-state index is 10.3. The molecule has 0 radical (unpaired) electrons. The molecule has 0 aromatic rings. The maximum absolute atomic E-state index is 10.3. The van der Waals surface area contributed by atoms with Crippen molar-refractivity contribution in [3.8, 4) is 11.8 Å². The summed E-state index contributed by atoms with van der Waals surface area (Å²) in [6.45, 7) is 9.53. The second-order valence-corrected chi connectivity index (χ2v) is 5.75. The first-order chi connectivity index (χ1) is 7.94. The van der Waals surface area contributed by atoms with Crippen LogP contribution in [0.15, 0.2) is 0 Å². The summed E-state index contributed by atoms with van der Waals surface area (Å²) < 4.78 is 0. The van der Waals surface area contributed by atoms with Gasteiger partial charge in [-0.25, -0.2) is 0 Å². The molecule has 0 atom stereocenters. The van der Waals surface area contributed by atoms with Gasteiger partial charge in [0.2, 0.25) is 0 Å². The van der Waals surface area contributed by atoms with Crippen molar-refractivity contribution >= 4 is 12.4 Å². The lowest BCUT2D eigenvalue weighted by molar-refractivity contribution is 0.0607. The van der Waals surface area contributed by atoms with Gasteiger partial charge in [-0.2, -0.15) is 0 Å². The summed E-state index contributed by atoms with van der Waals surface area (Å²) in [5.74, 6) is 6.29. The van der Waals surface area contributed by atoms with Crippen LogP contribution in [-0.2, 0) is 0 Å². The average Bonchev–Trinajstić information content (AvgIpc) is 2.24. The fourth-order valence-corrected chi connectivity index (χ4v) is 2.52. The summed E-state index contributed by atoms with van der Waals surface area (Å²) in [5, 5.41) is 10.3. The van der Waals surface area contributed by atoms with Gasteiger partial charge in [-0.15, -0.1) is 12.4 Å². The lowest BCUT2D eigenvalue weighted by Gasteiger charge is -2.29. The van der Waals surface area contributed by atoms with E-state index in [1.54, 1.807) is 0 Å². The molecule has 0 amide bonds. The second kappa shape index (κ2) is 8.04. The standard InChI is InChI=1S/C15H27NO.ClH/c1-13(2)16(14(3)4)12-8-11-15(17)9-6-5-7-10-15;/h13-14,17H,5-7,9-10,12H2,1-4H3;1H. The van der Waals surface area contributed by atoms with Crippen molar-refractivity contribution in [2.24, 2.45) is 0 Å². The van der Waals surface area contributed by atoms with E-state index in [1.165, 1.54) is 6.42 Å². The van der Waals surface area contributed by atoms with Gasteiger partial charge in [0.15, 0.2) is 0 Å². The first-order valence-corrected chi connectivity index (χ1v) is 6.93. The number of aliphatic hydroxyl groups is 1. The Labute approximate surface area is 119 Å². The number of hydrogen-bond donors (Lipinski definition) is 1. The van der Waals surface area contributed by atoms with E-state index in [2.05, 4.69) is 44.4 Å². The Bertz CT molecular complexity index is 277. The summed E-state index contributed by atoms with van der Waals surface area (Å²) in [7, 11) is 0. The number of hydrogen-bond acceptors (Lipinski definition) is 2. The van der Waals surface area contributed by atoms with E-state index in [0.29, 0.717) is 12.1 Å². The molecule has 0 spiro atoms. The molecule has 106 valence electrons. The van der Waals surface area contributed by atoms with Crippen LogP contribution in [0.25, 0.3) is 0 Å². The molecule has 1 rings (SSSR count). The summed E-state index contributed by atoms with van der Waals surface area (Å²) in [4.78, 5) is 2.35. The maximum Gasteiger partial charge on any atom is 0.125 e. The van der Waals surface area contributed by atoms with E-state index < -0.39 is 5.60 Å². The molecule has 0 aromatic carbocycles. The lowest BCUT2D eigenvalue weighted by Crippen LogP contribution is -2.37. The summed E-state index contributed by atoms with van der Waals surface area (Å²) in [6.07, 6.45) is 5.17. The Kier molecular flexibility index (Phi) is 7.94. The lowest BCUT2D eigenvalue weighted by atomic mass is 9.85. The van der Waals surface area contributed by atoms with Crippen molar-refractivity contribution in [3.63, 3.8) is 0 Å². The van der Waals surface area contributed by atoms with Crippen LogP contribution in [0.3, 0.4) is 0 Å². The molecule has 1 saturated carbocycles. The van der Waals surface area contributed by atoms with Crippen molar-refractivity contribution in [3.05, 3.63) is 0 Å². The van der Waals surface area contributed by atoms with E-state index >= 15 is 0 Å². The highest BCUT2D eigenvalue weighted by Gasteiger charge is 2.26. The van der Waals surface area contributed by atoms with Crippen LogP contribution in [0.4, 0.5) is 0 Å². The quantitative estimate of drug-likeness (QED) is 0.798. The van der Waals surface area contributed by atoms with E-state index in [0.717, 1.165) is 32.2 Å². The van der Waals surface area contributed by atoms with Crippen LogP contribution in [-0.4, -0.2) is 34.2 Å². The van der Waals surface area contributed by atoms with Crippen LogP contribution in [0, 0.1) is 11.8 Å². The summed E-state index contributed by atoms with van der Waals surface area (Å²) in [5.41, 5.74) is -0.697. The van der Waals surface area contributed by atoms with Crippen LogP contribution >= 0.6 is 12.4 Å². The molecule has 1 N–H and O–H groups in total. The van der Waals surface area contributed by atoms with Gasteiger partial charge in [-0.1, -0.05) is 18.3 Å². The first kappa shape index (κ1) is 17.8. The largest absolute Gasteiger partial charge is 0.378 e. The molecule has 0 heterocycles. The second-order valence-electron chi connectivity index (χ2n) is 5.75. The van der Waals surface area contributed by atoms with Crippen LogP contribution in [0.5, 0.6) is 0 Å². The molecular weight excluding hydrogens is 246 g/mol. The van der Waals surface area contributed by atoms with Crippen molar-refractivity contribution in [1.29, 1.82) is 0 Å².